The summed E-state index contributed by atoms with van der Waals surface area (Å²) in [4.78, 5) is 50.8. The number of hydrogen-bond donors (Lipinski definition) is 2. The van der Waals surface area contributed by atoms with Crippen molar-refractivity contribution >= 4 is 34.5 Å². The first-order chi connectivity index (χ1) is 14.9. The Morgan fingerprint density at radius 2 is 1.97 bits per heavy atom. The lowest BCUT2D eigenvalue weighted by Crippen LogP contribution is -2.41. The van der Waals surface area contributed by atoms with Gasteiger partial charge in [-0.25, -0.2) is 9.59 Å². The van der Waals surface area contributed by atoms with Gasteiger partial charge < -0.3 is 15.1 Å². The summed E-state index contributed by atoms with van der Waals surface area (Å²) in [5.74, 6) is -0.571. The second-order valence-electron chi connectivity index (χ2n) is 7.87. The fourth-order valence-corrected chi connectivity index (χ4v) is 4.55. The molecule has 0 saturated carbocycles. The van der Waals surface area contributed by atoms with Gasteiger partial charge >= 0.3 is 11.7 Å². The molecule has 1 aliphatic heterocycles. The van der Waals surface area contributed by atoms with E-state index < -0.39 is 17.2 Å². The van der Waals surface area contributed by atoms with Crippen molar-refractivity contribution in [1.82, 2.24) is 10.2 Å². The van der Waals surface area contributed by atoms with Crippen LogP contribution >= 0.6 is 0 Å². The first-order valence-electron chi connectivity index (χ1n) is 9.94. The molecule has 0 unspecified atom stereocenters. The van der Waals surface area contributed by atoms with Crippen molar-refractivity contribution in [2.75, 3.05) is 5.32 Å². The average Bonchev–Trinajstić information content (AvgIpc) is 3.20. The Labute approximate surface area is 176 Å². The minimum Gasteiger partial charge on any atom is -0.423 e. The van der Waals surface area contributed by atoms with Gasteiger partial charge in [-0.05, 0) is 41.7 Å². The van der Waals surface area contributed by atoms with Gasteiger partial charge in [0.05, 0.1) is 6.54 Å². The summed E-state index contributed by atoms with van der Waals surface area (Å²) in [5.41, 5.74) is 1.46. The standard InChI is InChI=1S/C23H19N3O5/c1-13(27)24-16-6-7-17-15(10-20(28)31-19(17)11-16)12-26-21(29)23(25-22(26)30)9-8-14-4-2-3-5-18(14)23/h2-7,10-11H,8-9,12H2,1H3,(H,24,27)(H,25,30)/t23-/m0/s1. The smallest absolute Gasteiger partial charge is 0.336 e. The van der Waals surface area contributed by atoms with Gasteiger partial charge in [-0.2, -0.15) is 0 Å². The third-order valence-corrected chi connectivity index (χ3v) is 5.90. The Morgan fingerprint density at radius 3 is 2.77 bits per heavy atom. The Kier molecular flexibility index (Phi) is 4.18. The van der Waals surface area contributed by atoms with E-state index in [9.17, 15) is 19.2 Å². The Hall–Kier alpha value is -3.94. The van der Waals surface area contributed by atoms with Crippen molar-refractivity contribution in [1.29, 1.82) is 0 Å². The minimum atomic E-state index is -1.05. The van der Waals surface area contributed by atoms with Crippen LogP contribution in [0.2, 0.25) is 0 Å². The van der Waals surface area contributed by atoms with E-state index in [1.54, 1.807) is 18.2 Å². The first kappa shape index (κ1) is 19.0. The number of imide groups is 1. The van der Waals surface area contributed by atoms with E-state index >= 15 is 0 Å². The zero-order chi connectivity index (χ0) is 21.8. The van der Waals surface area contributed by atoms with Crippen LogP contribution in [0.3, 0.4) is 0 Å². The van der Waals surface area contributed by atoms with Crippen LogP contribution in [0.25, 0.3) is 11.0 Å². The maximum atomic E-state index is 13.4. The van der Waals surface area contributed by atoms with Crippen LogP contribution in [0.5, 0.6) is 0 Å². The average molecular weight is 417 g/mol. The molecule has 1 atom stereocenters. The van der Waals surface area contributed by atoms with E-state index in [1.807, 2.05) is 24.3 Å². The van der Waals surface area contributed by atoms with Gasteiger partial charge in [0.2, 0.25) is 5.91 Å². The van der Waals surface area contributed by atoms with Crippen LogP contribution in [-0.2, 0) is 28.1 Å². The monoisotopic (exact) mass is 417 g/mol. The molecule has 8 heteroatoms. The van der Waals surface area contributed by atoms with Crippen LogP contribution < -0.4 is 16.3 Å². The van der Waals surface area contributed by atoms with Crippen LogP contribution in [-0.4, -0.2) is 22.7 Å². The number of aryl methyl sites for hydroxylation is 1. The molecule has 1 aliphatic carbocycles. The maximum Gasteiger partial charge on any atom is 0.336 e. The Morgan fingerprint density at radius 1 is 1.16 bits per heavy atom. The Balaban J connectivity index is 1.52. The van der Waals surface area contributed by atoms with Crippen molar-refractivity contribution in [3.8, 4) is 0 Å². The molecule has 156 valence electrons. The lowest BCUT2D eigenvalue weighted by atomic mass is 9.92. The van der Waals surface area contributed by atoms with Crippen molar-refractivity contribution in [2.45, 2.75) is 31.8 Å². The summed E-state index contributed by atoms with van der Waals surface area (Å²) in [7, 11) is 0. The Bertz CT molecular complexity index is 1330. The van der Waals surface area contributed by atoms with E-state index in [1.165, 1.54) is 13.0 Å². The van der Waals surface area contributed by atoms with E-state index in [0.717, 1.165) is 16.0 Å². The van der Waals surface area contributed by atoms with Gasteiger partial charge in [0.15, 0.2) is 0 Å². The highest BCUT2D eigenvalue weighted by Crippen LogP contribution is 2.41. The largest absolute Gasteiger partial charge is 0.423 e. The van der Waals surface area contributed by atoms with Gasteiger partial charge in [-0.3, -0.25) is 14.5 Å². The highest BCUT2D eigenvalue weighted by atomic mass is 16.4. The molecular formula is C23H19N3O5. The summed E-state index contributed by atoms with van der Waals surface area (Å²) in [5, 5.41) is 6.11. The van der Waals surface area contributed by atoms with Crippen molar-refractivity contribution < 1.29 is 18.8 Å². The van der Waals surface area contributed by atoms with Gasteiger partial charge in [0, 0.05) is 30.1 Å². The molecule has 0 bridgehead atoms. The van der Waals surface area contributed by atoms with Gasteiger partial charge in [-0.15, -0.1) is 0 Å². The zero-order valence-electron chi connectivity index (χ0n) is 16.7. The molecule has 1 saturated heterocycles. The molecule has 2 heterocycles. The summed E-state index contributed by atoms with van der Waals surface area (Å²) < 4.78 is 5.27. The van der Waals surface area contributed by atoms with Gasteiger partial charge in [0.1, 0.15) is 11.1 Å². The molecule has 5 rings (SSSR count). The third kappa shape index (κ3) is 2.99. The first-order valence-corrected chi connectivity index (χ1v) is 9.94. The van der Waals surface area contributed by atoms with Crippen LogP contribution in [0.1, 0.15) is 30.0 Å². The fourth-order valence-electron chi connectivity index (χ4n) is 4.55. The van der Waals surface area contributed by atoms with E-state index in [4.69, 9.17) is 4.42 Å². The van der Waals surface area contributed by atoms with E-state index in [-0.39, 0.29) is 23.9 Å². The number of nitrogens with zero attached hydrogens (tertiary/aromatic N) is 1. The number of carbonyl (C=O) groups excluding carboxylic acids is 3. The number of fused-ring (bicyclic) bond motifs is 3. The van der Waals surface area contributed by atoms with E-state index in [2.05, 4.69) is 10.6 Å². The van der Waals surface area contributed by atoms with Crippen LogP contribution in [0.15, 0.2) is 57.7 Å². The number of hydrogen-bond acceptors (Lipinski definition) is 5. The molecule has 8 nitrogen and oxygen atoms in total. The summed E-state index contributed by atoms with van der Waals surface area (Å²) >= 11 is 0. The van der Waals surface area contributed by atoms with Crippen LogP contribution in [0.4, 0.5) is 10.5 Å². The normalized spacial score (nSPS) is 19.7. The molecular weight excluding hydrogens is 398 g/mol. The molecule has 31 heavy (non-hydrogen) atoms. The number of benzene rings is 2. The number of anilines is 1. The molecule has 3 aromatic rings. The SMILES string of the molecule is CC(=O)Nc1ccc2c(CN3C(=O)N[C@]4(CCc5ccccc54)C3=O)cc(=O)oc2c1. The van der Waals surface area contributed by atoms with Crippen LogP contribution in [0, 0.1) is 0 Å². The molecule has 1 aromatic heterocycles. The molecule has 0 radical (unpaired) electrons. The van der Waals surface area contributed by atoms with Crippen molar-refractivity contribution in [3.05, 3.63) is 75.6 Å². The van der Waals surface area contributed by atoms with Gasteiger partial charge in [-0.1, -0.05) is 24.3 Å². The molecule has 4 amide bonds. The molecule has 2 N–H and O–H groups in total. The molecule has 2 aliphatic rings. The highest BCUT2D eigenvalue weighted by molar-refractivity contribution is 6.08. The number of nitrogens with one attached hydrogen (secondary N) is 2. The number of urea groups is 1. The zero-order valence-corrected chi connectivity index (χ0v) is 16.7. The predicted octanol–water partition coefficient (Wildman–Crippen LogP) is 2.64. The molecule has 1 fully saturated rings. The second-order valence-corrected chi connectivity index (χ2v) is 7.87. The summed E-state index contributed by atoms with van der Waals surface area (Å²) in [6.07, 6.45) is 1.21. The topological polar surface area (TPSA) is 109 Å². The fraction of sp³-hybridized carbons (Fsp3) is 0.217. The maximum absolute atomic E-state index is 13.4. The second kappa shape index (κ2) is 6.80. The molecule has 1 spiro atoms. The lowest BCUT2D eigenvalue weighted by molar-refractivity contribution is -0.132. The lowest BCUT2D eigenvalue weighted by Gasteiger charge is -2.22. The number of rotatable bonds is 3. The molecule has 2 aromatic carbocycles. The third-order valence-electron chi connectivity index (χ3n) is 5.90. The quantitative estimate of drug-likeness (QED) is 0.503. The minimum absolute atomic E-state index is 0.0594. The van der Waals surface area contributed by atoms with Crippen molar-refractivity contribution in [2.24, 2.45) is 0 Å². The summed E-state index contributed by atoms with van der Waals surface area (Å²) in [6, 6.07) is 13.3. The van der Waals surface area contributed by atoms with Crippen molar-refractivity contribution in [3.63, 3.8) is 0 Å². The predicted molar refractivity (Wildman–Crippen MR) is 112 cm³/mol. The van der Waals surface area contributed by atoms with Gasteiger partial charge in [0.25, 0.3) is 5.91 Å². The number of carbonyl (C=O) groups is 3. The van der Waals surface area contributed by atoms with E-state index in [0.29, 0.717) is 29.5 Å². The summed E-state index contributed by atoms with van der Waals surface area (Å²) in [6.45, 7) is 1.32. The number of amides is 4. The highest BCUT2D eigenvalue weighted by Gasteiger charge is 2.55.